The number of hydrogen-bond donors (Lipinski definition) is 1. The molecule has 3 heteroatoms. The van der Waals surface area contributed by atoms with Crippen LogP contribution in [0.3, 0.4) is 0 Å². The molecule has 0 saturated heterocycles. The van der Waals surface area contributed by atoms with Gasteiger partial charge in [0.05, 0.1) is 11.2 Å². The fraction of sp³-hybridized carbons (Fsp3) is 0.611. The molecule has 114 valence electrons. The molecule has 3 rings (SSSR count). The zero-order valence-corrected chi connectivity index (χ0v) is 13.5. The quantitative estimate of drug-likeness (QED) is 0.909. The van der Waals surface area contributed by atoms with Crippen molar-refractivity contribution in [3.05, 3.63) is 30.0 Å². The summed E-state index contributed by atoms with van der Waals surface area (Å²) in [6.07, 6.45) is 5.14. The van der Waals surface area contributed by atoms with Gasteiger partial charge in [0.2, 0.25) is 0 Å². The largest absolute Gasteiger partial charge is 0.316 e. The molecule has 1 aromatic heterocycles. The van der Waals surface area contributed by atoms with Crippen molar-refractivity contribution in [2.45, 2.75) is 52.1 Å². The monoisotopic (exact) mass is 285 g/mol. The summed E-state index contributed by atoms with van der Waals surface area (Å²) in [5.41, 5.74) is 2.52. The zero-order valence-electron chi connectivity index (χ0n) is 13.5. The predicted molar refractivity (Wildman–Crippen MR) is 88.5 cm³/mol. The molecule has 1 heterocycles. The number of fused-ring (bicyclic) bond motifs is 1. The first-order valence-corrected chi connectivity index (χ1v) is 8.34. The van der Waals surface area contributed by atoms with Crippen molar-refractivity contribution in [3.8, 4) is 0 Å². The third kappa shape index (κ3) is 2.84. The van der Waals surface area contributed by atoms with Gasteiger partial charge in [-0.2, -0.15) is 5.10 Å². The molecule has 1 N–H and O–H groups in total. The van der Waals surface area contributed by atoms with Crippen LogP contribution in [0.25, 0.3) is 10.9 Å². The first kappa shape index (κ1) is 14.6. The molecule has 0 amide bonds. The average Bonchev–Trinajstić information content (AvgIpc) is 3.09. The molecule has 1 saturated carbocycles. The highest BCUT2D eigenvalue weighted by Crippen LogP contribution is 2.34. The normalized spacial score (nSPS) is 23.8. The molecular formula is C18H27N3. The lowest BCUT2D eigenvalue weighted by molar-refractivity contribution is 0.365. The Morgan fingerprint density at radius 1 is 1.33 bits per heavy atom. The number of benzene rings is 1. The van der Waals surface area contributed by atoms with E-state index >= 15 is 0 Å². The van der Waals surface area contributed by atoms with Crippen molar-refractivity contribution in [2.24, 2.45) is 11.8 Å². The standard InChI is InChI=1S/C18H27N3/c1-4-21-18-8-6-5-7-15(18)17(20-21)12-16(19-3)14-10-9-13(2)11-14/h5-8,13-14,16,19H,4,9-12H2,1-3H3. The van der Waals surface area contributed by atoms with Gasteiger partial charge in [-0.05, 0) is 44.7 Å². The van der Waals surface area contributed by atoms with E-state index in [1.165, 1.54) is 35.9 Å². The molecule has 1 aliphatic rings. The van der Waals surface area contributed by atoms with Gasteiger partial charge in [0.1, 0.15) is 0 Å². The second kappa shape index (κ2) is 6.18. The Balaban J connectivity index is 1.86. The minimum absolute atomic E-state index is 0.554. The second-order valence-electron chi connectivity index (χ2n) is 6.56. The molecule has 1 aromatic carbocycles. The number of aromatic nitrogens is 2. The first-order valence-electron chi connectivity index (χ1n) is 8.34. The van der Waals surface area contributed by atoms with Gasteiger partial charge >= 0.3 is 0 Å². The van der Waals surface area contributed by atoms with Crippen molar-refractivity contribution < 1.29 is 0 Å². The lowest BCUT2D eigenvalue weighted by Gasteiger charge is -2.22. The number of para-hydroxylation sites is 1. The van der Waals surface area contributed by atoms with Gasteiger partial charge in [-0.15, -0.1) is 0 Å². The summed E-state index contributed by atoms with van der Waals surface area (Å²) in [7, 11) is 2.10. The van der Waals surface area contributed by atoms with Crippen LogP contribution in [0.5, 0.6) is 0 Å². The van der Waals surface area contributed by atoms with Crippen molar-refractivity contribution >= 4 is 10.9 Å². The summed E-state index contributed by atoms with van der Waals surface area (Å²) in [6, 6.07) is 9.18. The van der Waals surface area contributed by atoms with Gasteiger partial charge in [0, 0.05) is 24.4 Å². The van der Waals surface area contributed by atoms with Crippen LogP contribution in [0.4, 0.5) is 0 Å². The Morgan fingerprint density at radius 2 is 2.14 bits per heavy atom. The van der Waals surface area contributed by atoms with Crippen LogP contribution in [-0.4, -0.2) is 22.9 Å². The molecule has 3 nitrogen and oxygen atoms in total. The predicted octanol–water partition coefficient (Wildman–Crippen LogP) is 3.62. The third-order valence-corrected chi connectivity index (χ3v) is 5.12. The Kier molecular flexibility index (Phi) is 4.29. The molecule has 0 bridgehead atoms. The maximum Gasteiger partial charge on any atom is 0.0718 e. The summed E-state index contributed by atoms with van der Waals surface area (Å²) in [5, 5.41) is 9.74. The molecule has 21 heavy (non-hydrogen) atoms. The van der Waals surface area contributed by atoms with E-state index in [2.05, 4.69) is 55.2 Å². The van der Waals surface area contributed by atoms with Crippen molar-refractivity contribution in [1.29, 1.82) is 0 Å². The fourth-order valence-corrected chi connectivity index (χ4v) is 3.92. The lowest BCUT2D eigenvalue weighted by atomic mass is 9.92. The summed E-state index contributed by atoms with van der Waals surface area (Å²) < 4.78 is 2.13. The van der Waals surface area contributed by atoms with E-state index in [9.17, 15) is 0 Å². The van der Waals surface area contributed by atoms with Crippen LogP contribution in [0.1, 0.15) is 38.8 Å². The van der Waals surface area contributed by atoms with Crippen LogP contribution < -0.4 is 5.32 Å². The molecule has 0 aliphatic heterocycles. The topological polar surface area (TPSA) is 29.9 Å². The first-order chi connectivity index (χ1) is 10.2. The van der Waals surface area contributed by atoms with E-state index in [0.29, 0.717) is 6.04 Å². The number of nitrogens with one attached hydrogen (secondary N) is 1. The number of nitrogens with zero attached hydrogens (tertiary/aromatic N) is 2. The minimum atomic E-state index is 0.554. The van der Waals surface area contributed by atoms with E-state index < -0.39 is 0 Å². The van der Waals surface area contributed by atoms with Crippen LogP contribution >= 0.6 is 0 Å². The lowest BCUT2D eigenvalue weighted by Crippen LogP contribution is -2.34. The van der Waals surface area contributed by atoms with E-state index in [-0.39, 0.29) is 0 Å². The van der Waals surface area contributed by atoms with Crippen LogP contribution in [0.15, 0.2) is 24.3 Å². The SMILES string of the molecule is CCn1nc(CC(NC)C2CCC(C)C2)c2ccccc21. The Bertz CT molecular complexity index is 602. The summed E-state index contributed by atoms with van der Waals surface area (Å²) in [5.74, 6) is 1.69. The Labute approximate surface area is 127 Å². The zero-order chi connectivity index (χ0) is 14.8. The molecule has 3 atom stereocenters. The average molecular weight is 285 g/mol. The van der Waals surface area contributed by atoms with Gasteiger partial charge in [0.25, 0.3) is 0 Å². The van der Waals surface area contributed by atoms with Crippen molar-refractivity contribution in [3.63, 3.8) is 0 Å². The molecule has 0 radical (unpaired) electrons. The molecule has 3 unspecified atom stereocenters. The van der Waals surface area contributed by atoms with E-state index in [4.69, 9.17) is 5.10 Å². The number of aryl methyl sites for hydroxylation is 1. The maximum atomic E-state index is 4.86. The van der Waals surface area contributed by atoms with Gasteiger partial charge in [0.15, 0.2) is 0 Å². The van der Waals surface area contributed by atoms with Crippen molar-refractivity contribution in [1.82, 2.24) is 15.1 Å². The van der Waals surface area contributed by atoms with Gasteiger partial charge in [-0.25, -0.2) is 0 Å². The summed E-state index contributed by atoms with van der Waals surface area (Å²) in [6.45, 7) is 5.48. The molecule has 2 aromatic rings. The highest BCUT2D eigenvalue weighted by molar-refractivity contribution is 5.82. The van der Waals surface area contributed by atoms with Crippen molar-refractivity contribution in [2.75, 3.05) is 7.05 Å². The summed E-state index contributed by atoms with van der Waals surface area (Å²) in [4.78, 5) is 0. The van der Waals surface area contributed by atoms with Crippen LogP contribution in [0.2, 0.25) is 0 Å². The van der Waals surface area contributed by atoms with Gasteiger partial charge in [-0.3, -0.25) is 4.68 Å². The molecular weight excluding hydrogens is 258 g/mol. The van der Waals surface area contributed by atoms with E-state index in [0.717, 1.165) is 24.8 Å². The third-order valence-electron chi connectivity index (χ3n) is 5.12. The number of hydrogen-bond acceptors (Lipinski definition) is 2. The van der Waals surface area contributed by atoms with Gasteiger partial charge < -0.3 is 5.32 Å². The van der Waals surface area contributed by atoms with E-state index in [1.54, 1.807) is 0 Å². The maximum absolute atomic E-state index is 4.86. The van der Waals surface area contributed by atoms with E-state index in [1.807, 2.05) is 0 Å². The van der Waals surface area contributed by atoms with Crippen LogP contribution in [-0.2, 0) is 13.0 Å². The summed E-state index contributed by atoms with van der Waals surface area (Å²) >= 11 is 0. The molecule has 1 aliphatic carbocycles. The smallest absolute Gasteiger partial charge is 0.0718 e. The second-order valence-corrected chi connectivity index (χ2v) is 6.56. The minimum Gasteiger partial charge on any atom is -0.316 e. The number of rotatable bonds is 5. The number of likely N-dealkylation sites (N-methyl/N-ethyl adjacent to an activating group) is 1. The molecule has 0 spiro atoms. The highest BCUT2D eigenvalue weighted by Gasteiger charge is 2.29. The Morgan fingerprint density at radius 3 is 2.81 bits per heavy atom. The Hall–Kier alpha value is -1.35. The highest BCUT2D eigenvalue weighted by atomic mass is 15.3. The van der Waals surface area contributed by atoms with Crippen LogP contribution in [0, 0.1) is 11.8 Å². The fourth-order valence-electron chi connectivity index (χ4n) is 3.92. The van der Waals surface area contributed by atoms with Gasteiger partial charge in [-0.1, -0.05) is 31.5 Å². The molecule has 1 fully saturated rings.